The van der Waals surface area contributed by atoms with E-state index in [0.717, 1.165) is 6.07 Å². The molecule has 1 aromatic rings. The zero-order valence-electron chi connectivity index (χ0n) is 7.78. The molecule has 15 heavy (non-hydrogen) atoms. The van der Waals surface area contributed by atoms with Crippen LogP contribution < -0.4 is 9.88 Å². The number of benzene rings is 1. The Hall–Kier alpha value is -1.21. The molecule has 0 saturated carbocycles. The first-order chi connectivity index (χ1) is 6.80. The Kier molecular flexibility index (Phi) is 3.25. The quantitative estimate of drug-likeness (QED) is 0.859. The molecule has 0 radical (unpaired) electrons. The second kappa shape index (κ2) is 4.11. The van der Waals surface area contributed by atoms with Crippen LogP contribution in [0.1, 0.15) is 5.56 Å². The Morgan fingerprint density at radius 3 is 2.47 bits per heavy atom. The number of alkyl halides is 2. The molecule has 0 atom stereocenters. The van der Waals surface area contributed by atoms with Gasteiger partial charge in [-0.25, -0.2) is 13.6 Å². The summed E-state index contributed by atoms with van der Waals surface area (Å²) in [5, 5.41) is 4.83. The number of halogens is 2. The molecule has 84 valence electrons. The third-order valence-corrected chi connectivity index (χ3v) is 2.57. The van der Waals surface area contributed by atoms with Crippen molar-refractivity contribution in [1.29, 1.82) is 0 Å². The van der Waals surface area contributed by atoms with Crippen molar-refractivity contribution >= 4 is 10.0 Å². The third-order valence-electron chi connectivity index (χ3n) is 1.62. The number of hydrogen-bond donors (Lipinski definition) is 1. The lowest BCUT2D eigenvalue weighted by Crippen LogP contribution is -2.15. The Morgan fingerprint density at radius 2 is 2.00 bits per heavy atom. The van der Waals surface area contributed by atoms with Crippen LogP contribution in [0.4, 0.5) is 8.78 Å². The summed E-state index contributed by atoms with van der Waals surface area (Å²) in [6.45, 7) is -1.47. The summed E-state index contributed by atoms with van der Waals surface area (Å²) in [6, 6.07) is 3.76. The summed E-state index contributed by atoms with van der Waals surface area (Å²) in [4.78, 5) is -0.451. The smallest absolute Gasteiger partial charge is 0.387 e. The molecule has 1 aromatic carbocycles. The molecule has 2 N–H and O–H groups in total. The van der Waals surface area contributed by atoms with E-state index in [9.17, 15) is 17.2 Å². The number of aryl methyl sites for hydroxylation is 1. The van der Waals surface area contributed by atoms with E-state index in [0.29, 0.717) is 5.56 Å². The lowest BCUT2D eigenvalue weighted by atomic mass is 10.2. The van der Waals surface area contributed by atoms with E-state index in [-0.39, 0.29) is 0 Å². The number of hydrogen-bond acceptors (Lipinski definition) is 3. The van der Waals surface area contributed by atoms with Gasteiger partial charge in [0.05, 0.1) is 0 Å². The van der Waals surface area contributed by atoms with Crippen molar-refractivity contribution in [2.24, 2.45) is 5.14 Å². The van der Waals surface area contributed by atoms with E-state index < -0.39 is 27.3 Å². The average molecular weight is 237 g/mol. The zero-order valence-corrected chi connectivity index (χ0v) is 8.59. The number of sulfonamides is 1. The summed E-state index contributed by atoms with van der Waals surface area (Å²) in [5.74, 6) is -0.437. The summed E-state index contributed by atoms with van der Waals surface area (Å²) < 4.78 is 50.0. The first kappa shape index (κ1) is 11.9. The van der Waals surface area contributed by atoms with Gasteiger partial charge in [0.1, 0.15) is 10.6 Å². The number of nitrogens with two attached hydrogens (primary N) is 1. The maximum Gasteiger partial charge on any atom is 0.387 e. The highest BCUT2D eigenvalue weighted by Gasteiger charge is 2.17. The van der Waals surface area contributed by atoms with E-state index in [1.165, 1.54) is 12.1 Å². The Labute approximate surface area is 85.7 Å². The minimum Gasteiger partial charge on any atom is -0.433 e. The number of ether oxygens (including phenoxy) is 1. The topological polar surface area (TPSA) is 69.4 Å². The molecule has 7 heteroatoms. The van der Waals surface area contributed by atoms with Gasteiger partial charge in [-0.2, -0.15) is 8.78 Å². The first-order valence-corrected chi connectivity index (χ1v) is 5.43. The summed E-state index contributed by atoms with van der Waals surface area (Å²) in [5.41, 5.74) is 0.595. The van der Waals surface area contributed by atoms with Gasteiger partial charge in [0.2, 0.25) is 10.0 Å². The predicted molar refractivity (Wildman–Crippen MR) is 49.2 cm³/mol. The number of rotatable bonds is 3. The van der Waals surface area contributed by atoms with Crippen LogP contribution >= 0.6 is 0 Å². The van der Waals surface area contributed by atoms with Crippen LogP contribution in [0.2, 0.25) is 0 Å². The van der Waals surface area contributed by atoms with Crippen LogP contribution in [0.5, 0.6) is 5.75 Å². The molecule has 0 heterocycles. The van der Waals surface area contributed by atoms with Gasteiger partial charge < -0.3 is 4.74 Å². The standard InChI is InChI=1S/C8H9F2NO3S/c1-5-2-3-7(15(11,12)13)6(4-5)14-8(9)10/h2-4,8H,1H3,(H2,11,12,13). The molecule has 0 aliphatic carbocycles. The van der Waals surface area contributed by atoms with Crippen LogP contribution in [-0.2, 0) is 10.0 Å². The van der Waals surface area contributed by atoms with Crippen molar-refractivity contribution in [3.8, 4) is 5.75 Å². The second-order valence-corrected chi connectivity index (χ2v) is 4.40. The highest BCUT2D eigenvalue weighted by molar-refractivity contribution is 7.89. The van der Waals surface area contributed by atoms with Crippen LogP contribution in [0.15, 0.2) is 23.1 Å². The molecule has 0 saturated heterocycles. The predicted octanol–water partition coefficient (Wildman–Crippen LogP) is 1.24. The van der Waals surface area contributed by atoms with Gasteiger partial charge in [-0.15, -0.1) is 0 Å². The Morgan fingerprint density at radius 1 is 1.40 bits per heavy atom. The van der Waals surface area contributed by atoms with Crippen LogP contribution in [0, 0.1) is 6.92 Å². The molecule has 1 rings (SSSR count). The normalized spacial score (nSPS) is 11.8. The Bertz CT molecular complexity index is 459. The minimum atomic E-state index is -4.05. The fraction of sp³-hybridized carbons (Fsp3) is 0.250. The summed E-state index contributed by atoms with van der Waals surface area (Å²) >= 11 is 0. The van der Waals surface area contributed by atoms with Gasteiger partial charge in [0, 0.05) is 0 Å². The number of primary sulfonamides is 1. The van der Waals surface area contributed by atoms with Crippen LogP contribution in [0.25, 0.3) is 0 Å². The van der Waals surface area contributed by atoms with Gasteiger partial charge in [0.15, 0.2) is 0 Å². The van der Waals surface area contributed by atoms with Crippen molar-refractivity contribution in [2.45, 2.75) is 18.4 Å². The van der Waals surface area contributed by atoms with Gasteiger partial charge in [-0.05, 0) is 24.6 Å². The fourth-order valence-electron chi connectivity index (χ4n) is 1.04. The third kappa shape index (κ3) is 3.14. The molecule has 0 amide bonds. The average Bonchev–Trinajstić information content (AvgIpc) is 1.99. The van der Waals surface area contributed by atoms with Crippen molar-refractivity contribution in [2.75, 3.05) is 0 Å². The Balaban J connectivity index is 3.27. The molecule has 0 aliphatic heterocycles. The van der Waals surface area contributed by atoms with Crippen molar-refractivity contribution in [3.63, 3.8) is 0 Å². The van der Waals surface area contributed by atoms with E-state index in [4.69, 9.17) is 5.14 Å². The molecular formula is C8H9F2NO3S. The molecule has 0 bridgehead atoms. The molecule has 0 unspecified atom stereocenters. The largest absolute Gasteiger partial charge is 0.433 e. The maximum absolute atomic E-state index is 12.0. The maximum atomic E-state index is 12.0. The van der Waals surface area contributed by atoms with Gasteiger partial charge in [0.25, 0.3) is 0 Å². The van der Waals surface area contributed by atoms with Crippen molar-refractivity contribution in [1.82, 2.24) is 0 Å². The second-order valence-electron chi connectivity index (χ2n) is 2.87. The van der Waals surface area contributed by atoms with E-state index in [1.54, 1.807) is 6.92 Å². The zero-order chi connectivity index (χ0) is 11.6. The van der Waals surface area contributed by atoms with Crippen molar-refractivity contribution < 1.29 is 21.9 Å². The SMILES string of the molecule is Cc1ccc(S(N)(=O)=O)c(OC(F)F)c1. The summed E-state index contributed by atoms with van der Waals surface area (Å²) in [7, 11) is -4.05. The fourth-order valence-corrected chi connectivity index (χ4v) is 1.68. The van der Waals surface area contributed by atoms with Crippen molar-refractivity contribution in [3.05, 3.63) is 23.8 Å². The van der Waals surface area contributed by atoms with Gasteiger partial charge in [-0.3, -0.25) is 0 Å². The van der Waals surface area contributed by atoms with E-state index in [1.807, 2.05) is 0 Å². The van der Waals surface area contributed by atoms with Crippen LogP contribution in [-0.4, -0.2) is 15.0 Å². The molecule has 0 aromatic heterocycles. The highest BCUT2D eigenvalue weighted by Crippen LogP contribution is 2.25. The monoisotopic (exact) mass is 237 g/mol. The van der Waals surface area contributed by atoms with Crippen LogP contribution in [0.3, 0.4) is 0 Å². The molecule has 0 spiro atoms. The molecular weight excluding hydrogens is 228 g/mol. The highest BCUT2D eigenvalue weighted by atomic mass is 32.2. The summed E-state index contributed by atoms with van der Waals surface area (Å²) in [6.07, 6.45) is 0. The molecule has 0 fully saturated rings. The lowest BCUT2D eigenvalue weighted by Gasteiger charge is -2.09. The van der Waals surface area contributed by atoms with Gasteiger partial charge >= 0.3 is 6.61 Å². The first-order valence-electron chi connectivity index (χ1n) is 3.89. The molecule has 4 nitrogen and oxygen atoms in total. The van der Waals surface area contributed by atoms with E-state index in [2.05, 4.69) is 4.74 Å². The molecule has 0 aliphatic rings. The van der Waals surface area contributed by atoms with Gasteiger partial charge in [-0.1, -0.05) is 6.07 Å². The minimum absolute atomic E-state index is 0.437. The van der Waals surface area contributed by atoms with E-state index >= 15 is 0 Å². The lowest BCUT2D eigenvalue weighted by molar-refractivity contribution is -0.0517.